The second-order valence-corrected chi connectivity index (χ2v) is 5.17. The molecule has 1 nitrogen and oxygen atoms in total. The van der Waals surface area contributed by atoms with Crippen molar-refractivity contribution < 1.29 is 4.79 Å². The average Bonchev–Trinajstić information content (AvgIpc) is 2.49. The molecule has 0 saturated carbocycles. The highest BCUT2D eigenvalue weighted by molar-refractivity contribution is 6.36. The van der Waals surface area contributed by atoms with E-state index in [1.165, 1.54) is 0 Å². The van der Waals surface area contributed by atoms with Crippen LogP contribution in [0.2, 0.25) is 5.02 Å². The molecule has 98 valence electrons. The summed E-state index contributed by atoms with van der Waals surface area (Å²) in [6.07, 6.45) is 0. The van der Waals surface area contributed by atoms with Crippen molar-refractivity contribution in [3.05, 3.63) is 82.4 Å². The van der Waals surface area contributed by atoms with Gasteiger partial charge in [0.1, 0.15) is 0 Å². The van der Waals surface area contributed by atoms with Crippen LogP contribution in [0.5, 0.6) is 0 Å². The number of benzene rings is 3. The second-order valence-electron chi connectivity index (χ2n) is 4.79. The van der Waals surface area contributed by atoms with Gasteiger partial charge in [-0.3, -0.25) is 4.79 Å². The highest BCUT2D eigenvalue weighted by Gasteiger charge is 2.15. The molecule has 0 saturated heterocycles. The summed E-state index contributed by atoms with van der Waals surface area (Å²) in [4.78, 5) is 12.7. The predicted molar refractivity (Wildman–Crippen MR) is 83.6 cm³/mol. The molecular weight excluding hydrogens is 268 g/mol. The van der Waals surface area contributed by atoms with Crippen LogP contribution in [0.3, 0.4) is 0 Å². The van der Waals surface area contributed by atoms with Crippen molar-refractivity contribution in [2.24, 2.45) is 0 Å². The zero-order valence-corrected chi connectivity index (χ0v) is 11.8. The molecule has 0 aliphatic carbocycles. The molecule has 0 atom stereocenters. The molecule has 3 aromatic carbocycles. The van der Waals surface area contributed by atoms with Gasteiger partial charge in [-0.1, -0.05) is 66.2 Å². The number of carbonyl (C=O) groups is 1. The van der Waals surface area contributed by atoms with Crippen LogP contribution in [0.15, 0.2) is 60.7 Å². The monoisotopic (exact) mass is 280 g/mol. The lowest BCUT2D eigenvalue weighted by Gasteiger charge is -2.08. The van der Waals surface area contributed by atoms with Gasteiger partial charge in [0.2, 0.25) is 0 Å². The van der Waals surface area contributed by atoms with E-state index in [9.17, 15) is 4.79 Å². The Balaban J connectivity index is 2.21. The lowest BCUT2D eigenvalue weighted by Crippen LogP contribution is -2.03. The molecule has 3 rings (SSSR count). The van der Waals surface area contributed by atoms with E-state index in [0.29, 0.717) is 16.1 Å². The van der Waals surface area contributed by atoms with Gasteiger partial charge in [-0.05, 0) is 29.3 Å². The normalized spacial score (nSPS) is 10.7. The minimum Gasteiger partial charge on any atom is -0.289 e. The van der Waals surface area contributed by atoms with Crippen LogP contribution in [-0.2, 0) is 0 Å². The standard InChI is InChI=1S/C18H13ClO/c1-12-6-4-11-16(17(12)19)18(20)15-10-5-8-13-7-2-3-9-14(13)15/h2-11H,1H3. The van der Waals surface area contributed by atoms with Crippen LogP contribution < -0.4 is 0 Å². The first kappa shape index (κ1) is 12.9. The molecule has 0 unspecified atom stereocenters. The lowest BCUT2D eigenvalue weighted by molar-refractivity contribution is 0.104. The molecule has 0 bridgehead atoms. The number of aryl methyl sites for hydroxylation is 1. The average molecular weight is 281 g/mol. The maximum atomic E-state index is 12.7. The Kier molecular flexibility index (Phi) is 3.29. The Bertz CT molecular complexity index is 800. The lowest BCUT2D eigenvalue weighted by atomic mass is 9.96. The maximum Gasteiger partial charge on any atom is 0.195 e. The second kappa shape index (κ2) is 5.10. The highest BCUT2D eigenvalue weighted by atomic mass is 35.5. The molecule has 0 aliphatic heterocycles. The van der Waals surface area contributed by atoms with Crippen LogP contribution in [0, 0.1) is 6.92 Å². The zero-order chi connectivity index (χ0) is 14.1. The van der Waals surface area contributed by atoms with Crippen molar-refractivity contribution in [3.8, 4) is 0 Å². The Hall–Kier alpha value is -2.12. The highest BCUT2D eigenvalue weighted by Crippen LogP contribution is 2.26. The van der Waals surface area contributed by atoms with Crippen LogP contribution >= 0.6 is 11.6 Å². The van der Waals surface area contributed by atoms with Crippen molar-refractivity contribution in [2.75, 3.05) is 0 Å². The summed E-state index contributed by atoms with van der Waals surface area (Å²) in [5.74, 6) is -0.0319. The molecular formula is C18H13ClO. The van der Waals surface area contributed by atoms with Crippen molar-refractivity contribution in [1.29, 1.82) is 0 Å². The zero-order valence-electron chi connectivity index (χ0n) is 11.1. The molecule has 0 aromatic heterocycles. The molecule has 0 amide bonds. The Morgan fingerprint density at radius 1 is 0.850 bits per heavy atom. The number of fused-ring (bicyclic) bond motifs is 1. The van der Waals surface area contributed by atoms with Crippen molar-refractivity contribution in [2.45, 2.75) is 6.92 Å². The van der Waals surface area contributed by atoms with Crippen molar-refractivity contribution >= 4 is 28.2 Å². The van der Waals surface area contributed by atoms with Crippen LogP contribution in [0.25, 0.3) is 10.8 Å². The fourth-order valence-corrected chi connectivity index (χ4v) is 2.60. The van der Waals surface area contributed by atoms with Gasteiger partial charge in [0.25, 0.3) is 0 Å². The summed E-state index contributed by atoms with van der Waals surface area (Å²) in [5, 5.41) is 2.55. The first-order chi connectivity index (χ1) is 9.68. The first-order valence-electron chi connectivity index (χ1n) is 6.46. The van der Waals surface area contributed by atoms with E-state index < -0.39 is 0 Å². The topological polar surface area (TPSA) is 17.1 Å². The molecule has 0 N–H and O–H groups in total. The van der Waals surface area contributed by atoms with Crippen LogP contribution in [0.1, 0.15) is 21.5 Å². The van der Waals surface area contributed by atoms with E-state index in [-0.39, 0.29) is 5.78 Å². The van der Waals surface area contributed by atoms with Gasteiger partial charge in [-0.15, -0.1) is 0 Å². The van der Waals surface area contributed by atoms with Crippen LogP contribution in [-0.4, -0.2) is 5.78 Å². The van der Waals surface area contributed by atoms with E-state index in [2.05, 4.69) is 0 Å². The molecule has 3 aromatic rings. The molecule has 0 fully saturated rings. The van der Waals surface area contributed by atoms with Crippen molar-refractivity contribution in [1.82, 2.24) is 0 Å². The molecule has 0 spiro atoms. The minimum atomic E-state index is -0.0319. The van der Waals surface area contributed by atoms with Gasteiger partial charge in [0, 0.05) is 11.1 Å². The molecule has 0 heterocycles. The number of hydrogen-bond acceptors (Lipinski definition) is 1. The van der Waals surface area contributed by atoms with E-state index in [0.717, 1.165) is 16.3 Å². The fraction of sp³-hybridized carbons (Fsp3) is 0.0556. The first-order valence-corrected chi connectivity index (χ1v) is 6.84. The summed E-state index contributed by atoms with van der Waals surface area (Å²) in [6, 6.07) is 19.2. The Labute approximate surface area is 122 Å². The van der Waals surface area contributed by atoms with Gasteiger partial charge < -0.3 is 0 Å². The molecule has 0 aliphatic rings. The summed E-state index contributed by atoms with van der Waals surface area (Å²) in [6.45, 7) is 1.90. The third-order valence-electron chi connectivity index (χ3n) is 3.47. The number of ketones is 1. The Morgan fingerprint density at radius 2 is 1.50 bits per heavy atom. The summed E-state index contributed by atoms with van der Waals surface area (Å²) >= 11 is 6.27. The van der Waals surface area contributed by atoms with Gasteiger partial charge in [-0.25, -0.2) is 0 Å². The number of hydrogen-bond donors (Lipinski definition) is 0. The third kappa shape index (κ3) is 2.10. The summed E-state index contributed by atoms with van der Waals surface area (Å²) in [7, 11) is 0. The Morgan fingerprint density at radius 3 is 2.35 bits per heavy atom. The largest absolute Gasteiger partial charge is 0.289 e. The third-order valence-corrected chi connectivity index (χ3v) is 3.97. The molecule has 20 heavy (non-hydrogen) atoms. The quantitative estimate of drug-likeness (QED) is 0.602. The van der Waals surface area contributed by atoms with Gasteiger partial charge in [-0.2, -0.15) is 0 Å². The number of rotatable bonds is 2. The maximum absolute atomic E-state index is 12.7. The summed E-state index contributed by atoms with van der Waals surface area (Å²) < 4.78 is 0. The van der Waals surface area contributed by atoms with Crippen molar-refractivity contribution in [3.63, 3.8) is 0 Å². The van der Waals surface area contributed by atoms with Gasteiger partial charge in [0.15, 0.2) is 5.78 Å². The molecule has 2 heteroatoms. The fourth-order valence-electron chi connectivity index (χ4n) is 2.39. The number of halogens is 1. The van der Waals surface area contributed by atoms with Crippen LogP contribution in [0.4, 0.5) is 0 Å². The molecule has 0 radical (unpaired) electrons. The number of carbonyl (C=O) groups excluding carboxylic acids is 1. The SMILES string of the molecule is Cc1cccc(C(=O)c2cccc3ccccc23)c1Cl. The van der Waals surface area contributed by atoms with E-state index >= 15 is 0 Å². The van der Waals surface area contributed by atoms with E-state index in [1.54, 1.807) is 6.07 Å². The minimum absolute atomic E-state index is 0.0319. The van der Waals surface area contributed by atoms with E-state index in [1.807, 2.05) is 61.5 Å². The smallest absolute Gasteiger partial charge is 0.195 e. The predicted octanol–water partition coefficient (Wildman–Crippen LogP) is 5.03. The summed E-state index contributed by atoms with van der Waals surface area (Å²) in [5.41, 5.74) is 2.16. The van der Waals surface area contributed by atoms with Gasteiger partial charge >= 0.3 is 0 Å². The van der Waals surface area contributed by atoms with Gasteiger partial charge in [0.05, 0.1) is 5.02 Å². The van der Waals surface area contributed by atoms with E-state index in [4.69, 9.17) is 11.6 Å².